The van der Waals surface area contributed by atoms with E-state index < -0.39 is 0 Å². The number of imidazole rings is 1. The fraction of sp³-hybridized carbons (Fsp3) is 0.467. The molecule has 1 saturated heterocycles. The number of likely N-dealkylation sites (tertiary alicyclic amines) is 1. The van der Waals surface area contributed by atoms with E-state index in [-0.39, 0.29) is 5.91 Å². The van der Waals surface area contributed by atoms with Gasteiger partial charge in [0.15, 0.2) is 5.82 Å². The Hall–Kier alpha value is -2.24. The van der Waals surface area contributed by atoms with Gasteiger partial charge in [-0.25, -0.2) is 9.97 Å². The van der Waals surface area contributed by atoms with Gasteiger partial charge in [0.1, 0.15) is 5.69 Å². The SMILES string of the molecule is CC(=O)N1CCC[C@H](Cc2cncc(-c3ncc[nH]3)n2)C1. The second-order valence-corrected chi connectivity index (χ2v) is 5.51. The Balaban J connectivity index is 1.70. The molecule has 0 spiro atoms. The number of aromatic amines is 1. The van der Waals surface area contributed by atoms with E-state index in [1.165, 1.54) is 0 Å². The second-order valence-electron chi connectivity index (χ2n) is 5.51. The van der Waals surface area contributed by atoms with Gasteiger partial charge in [0.2, 0.25) is 5.91 Å². The highest BCUT2D eigenvalue weighted by molar-refractivity contribution is 5.73. The lowest BCUT2D eigenvalue weighted by atomic mass is 9.93. The molecule has 1 atom stereocenters. The maximum Gasteiger partial charge on any atom is 0.219 e. The average molecular weight is 285 g/mol. The molecule has 3 rings (SSSR count). The first-order chi connectivity index (χ1) is 10.2. The van der Waals surface area contributed by atoms with Crippen molar-refractivity contribution >= 4 is 5.91 Å². The zero-order valence-electron chi connectivity index (χ0n) is 12.1. The minimum atomic E-state index is 0.162. The van der Waals surface area contributed by atoms with Crippen LogP contribution in [0, 0.1) is 5.92 Å². The molecule has 6 nitrogen and oxygen atoms in total. The number of H-pyrrole nitrogens is 1. The predicted octanol–water partition coefficient (Wildman–Crippen LogP) is 1.67. The molecule has 0 aromatic carbocycles. The molecule has 0 bridgehead atoms. The van der Waals surface area contributed by atoms with E-state index in [1.807, 2.05) is 4.90 Å². The minimum absolute atomic E-state index is 0.162. The first kappa shape index (κ1) is 13.7. The highest BCUT2D eigenvalue weighted by Crippen LogP contribution is 2.21. The molecule has 0 saturated carbocycles. The quantitative estimate of drug-likeness (QED) is 0.930. The smallest absolute Gasteiger partial charge is 0.219 e. The van der Waals surface area contributed by atoms with E-state index in [1.54, 1.807) is 31.7 Å². The molecule has 21 heavy (non-hydrogen) atoms. The summed E-state index contributed by atoms with van der Waals surface area (Å²) >= 11 is 0. The maximum absolute atomic E-state index is 11.5. The van der Waals surface area contributed by atoms with Gasteiger partial charge in [0.25, 0.3) is 0 Å². The van der Waals surface area contributed by atoms with Crippen molar-refractivity contribution in [2.24, 2.45) is 5.92 Å². The topological polar surface area (TPSA) is 74.8 Å². The third-order valence-corrected chi connectivity index (χ3v) is 3.89. The molecule has 0 unspecified atom stereocenters. The molecule has 6 heteroatoms. The molecule has 2 aromatic heterocycles. The van der Waals surface area contributed by atoms with Crippen LogP contribution in [0.4, 0.5) is 0 Å². The molecule has 1 N–H and O–H groups in total. The Bertz CT molecular complexity index is 610. The van der Waals surface area contributed by atoms with Crippen LogP contribution in [0.2, 0.25) is 0 Å². The Morgan fingerprint density at radius 2 is 2.38 bits per heavy atom. The molecule has 110 valence electrons. The predicted molar refractivity (Wildman–Crippen MR) is 78.3 cm³/mol. The molecule has 1 amide bonds. The van der Waals surface area contributed by atoms with Crippen LogP contribution in [0.5, 0.6) is 0 Å². The van der Waals surface area contributed by atoms with Gasteiger partial charge >= 0.3 is 0 Å². The van der Waals surface area contributed by atoms with E-state index in [9.17, 15) is 4.79 Å². The zero-order chi connectivity index (χ0) is 14.7. The van der Waals surface area contributed by atoms with Crippen LogP contribution >= 0.6 is 0 Å². The lowest BCUT2D eigenvalue weighted by molar-refractivity contribution is -0.130. The molecule has 1 aliphatic rings. The molecule has 1 fully saturated rings. The second kappa shape index (κ2) is 6.03. The molecule has 1 aliphatic heterocycles. The van der Waals surface area contributed by atoms with Crippen molar-refractivity contribution in [1.29, 1.82) is 0 Å². The number of rotatable bonds is 3. The van der Waals surface area contributed by atoms with Crippen molar-refractivity contribution in [3.8, 4) is 11.5 Å². The molecular weight excluding hydrogens is 266 g/mol. The van der Waals surface area contributed by atoms with Gasteiger partial charge in [-0.2, -0.15) is 0 Å². The number of amides is 1. The van der Waals surface area contributed by atoms with Crippen molar-refractivity contribution in [2.45, 2.75) is 26.2 Å². The number of piperidine rings is 1. The fourth-order valence-electron chi connectivity index (χ4n) is 2.84. The average Bonchev–Trinajstić information content (AvgIpc) is 3.02. The molecule has 3 heterocycles. The Kier molecular flexibility index (Phi) is 3.94. The molecule has 0 radical (unpaired) electrons. The first-order valence-corrected chi connectivity index (χ1v) is 7.28. The number of nitrogens with zero attached hydrogens (tertiary/aromatic N) is 4. The van der Waals surface area contributed by atoms with Crippen LogP contribution in [0.1, 0.15) is 25.5 Å². The number of hydrogen-bond donors (Lipinski definition) is 1. The Labute approximate surface area is 123 Å². The number of carbonyl (C=O) groups is 1. The highest BCUT2D eigenvalue weighted by Gasteiger charge is 2.22. The van der Waals surface area contributed by atoms with Gasteiger partial charge < -0.3 is 9.88 Å². The van der Waals surface area contributed by atoms with Crippen molar-refractivity contribution in [3.63, 3.8) is 0 Å². The summed E-state index contributed by atoms with van der Waals surface area (Å²) in [7, 11) is 0. The van der Waals surface area contributed by atoms with Crippen molar-refractivity contribution in [3.05, 3.63) is 30.5 Å². The fourth-order valence-corrected chi connectivity index (χ4v) is 2.84. The summed E-state index contributed by atoms with van der Waals surface area (Å²) in [5.74, 6) is 1.36. The summed E-state index contributed by atoms with van der Waals surface area (Å²) in [6, 6.07) is 0. The van der Waals surface area contributed by atoms with Gasteiger partial charge in [-0.1, -0.05) is 0 Å². The van der Waals surface area contributed by atoms with Gasteiger partial charge in [-0.05, 0) is 25.2 Å². The monoisotopic (exact) mass is 285 g/mol. The van der Waals surface area contributed by atoms with Crippen LogP contribution in [0.15, 0.2) is 24.8 Å². The summed E-state index contributed by atoms with van der Waals surface area (Å²) in [6.07, 6.45) is 10.0. The third kappa shape index (κ3) is 3.26. The van der Waals surface area contributed by atoms with E-state index in [0.717, 1.165) is 49.6 Å². The summed E-state index contributed by atoms with van der Waals surface area (Å²) in [4.78, 5) is 29.5. The summed E-state index contributed by atoms with van der Waals surface area (Å²) in [5.41, 5.74) is 1.72. The third-order valence-electron chi connectivity index (χ3n) is 3.89. The first-order valence-electron chi connectivity index (χ1n) is 7.28. The lowest BCUT2D eigenvalue weighted by Gasteiger charge is -2.31. The van der Waals surface area contributed by atoms with Crippen LogP contribution in [0.3, 0.4) is 0 Å². The van der Waals surface area contributed by atoms with Gasteiger partial charge in [0, 0.05) is 38.6 Å². The van der Waals surface area contributed by atoms with Gasteiger partial charge in [-0.15, -0.1) is 0 Å². The van der Waals surface area contributed by atoms with Crippen molar-refractivity contribution in [2.75, 3.05) is 13.1 Å². The van der Waals surface area contributed by atoms with Crippen molar-refractivity contribution < 1.29 is 4.79 Å². The Morgan fingerprint density at radius 3 is 3.14 bits per heavy atom. The normalized spacial score (nSPS) is 18.7. The van der Waals surface area contributed by atoms with E-state index in [4.69, 9.17) is 0 Å². The largest absolute Gasteiger partial charge is 0.343 e. The zero-order valence-corrected chi connectivity index (χ0v) is 12.1. The minimum Gasteiger partial charge on any atom is -0.343 e. The number of hydrogen-bond acceptors (Lipinski definition) is 4. The van der Waals surface area contributed by atoms with Crippen LogP contribution in [-0.2, 0) is 11.2 Å². The Morgan fingerprint density at radius 1 is 1.48 bits per heavy atom. The van der Waals surface area contributed by atoms with E-state index in [2.05, 4.69) is 19.9 Å². The van der Waals surface area contributed by atoms with E-state index >= 15 is 0 Å². The summed E-state index contributed by atoms with van der Waals surface area (Å²) in [5, 5.41) is 0. The number of carbonyl (C=O) groups excluding carboxylic acids is 1. The summed E-state index contributed by atoms with van der Waals surface area (Å²) in [6.45, 7) is 3.34. The number of aromatic nitrogens is 4. The van der Waals surface area contributed by atoms with Crippen molar-refractivity contribution in [1.82, 2.24) is 24.8 Å². The van der Waals surface area contributed by atoms with Gasteiger partial charge in [-0.3, -0.25) is 9.78 Å². The van der Waals surface area contributed by atoms with Crippen LogP contribution in [0.25, 0.3) is 11.5 Å². The lowest BCUT2D eigenvalue weighted by Crippen LogP contribution is -2.39. The molecule has 0 aliphatic carbocycles. The highest BCUT2D eigenvalue weighted by atomic mass is 16.2. The summed E-state index contributed by atoms with van der Waals surface area (Å²) < 4.78 is 0. The van der Waals surface area contributed by atoms with Gasteiger partial charge in [0.05, 0.1) is 11.9 Å². The van der Waals surface area contributed by atoms with Crippen LogP contribution < -0.4 is 0 Å². The maximum atomic E-state index is 11.5. The molecule has 2 aromatic rings. The number of nitrogens with one attached hydrogen (secondary N) is 1. The standard InChI is InChI=1S/C15H19N5O/c1-11(21)20-6-2-3-12(10-20)7-13-8-16-9-14(19-13)15-17-4-5-18-15/h4-5,8-9,12H,2-3,6-7,10H2,1H3,(H,17,18)/t12-/m1/s1. The van der Waals surface area contributed by atoms with Crippen LogP contribution in [-0.4, -0.2) is 43.8 Å². The molecular formula is C15H19N5O. The van der Waals surface area contributed by atoms with E-state index in [0.29, 0.717) is 5.92 Å².